The van der Waals surface area contributed by atoms with Gasteiger partial charge in [0.25, 0.3) is 0 Å². The number of benzene rings is 1. The highest BCUT2D eigenvalue weighted by Gasteiger charge is 2.34. The van der Waals surface area contributed by atoms with E-state index in [-0.39, 0.29) is 17.8 Å². The molecule has 142 valence electrons. The first-order valence-corrected chi connectivity index (χ1v) is 9.48. The Morgan fingerprint density at radius 2 is 1.78 bits per heavy atom. The molecule has 27 heavy (non-hydrogen) atoms. The van der Waals surface area contributed by atoms with E-state index in [4.69, 9.17) is 0 Å². The molecular formula is C20H24FN5O. The fourth-order valence-electron chi connectivity index (χ4n) is 3.46. The van der Waals surface area contributed by atoms with Gasteiger partial charge in [0, 0.05) is 56.7 Å². The number of aromatic nitrogens is 2. The summed E-state index contributed by atoms with van der Waals surface area (Å²) >= 11 is 0. The lowest BCUT2D eigenvalue weighted by atomic mass is 10.2. The van der Waals surface area contributed by atoms with Crippen LogP contribution in [0.5, 0.6) is 0 Å². The van der Waals surface area contributed by atoms with E-state index in [1.165, 1.54) is 6.07 Å². The molecule has 0 unspecified atom stereocenters. The SMILES string of the molecule is O=C(CN1CCN(c2ncccn2)CC1)N(Cc1ccccc1F)C1CC1. The molecule has 1 saturated heterocycles. The lowest BCUT2D eigenvalue weighted by Gasteiger charge is -2.35. The smallest absolute Gasteiger partial charge is 0.237 e. The summed E-state index contributed by atoms with van der Waals surface area (Å²) in [6.45, 7) is 3.93. The van der Waals surface area contributed by atoms with Crippen LogP contribution >= 0.6 is 0 Å². The fraction of sp³-hybridized carbons (Fsp3) is 0.450. The Morgan fingerprint density at radius 1 is 1.07 bits per heavy atom. The normalized spacial score (nSPS) is 17.7. The highest BCUT2D eigenvalue weighted by atomic mass is 19.1. The molecule has 1 aliphatic heterocycles. The fourth-order valence-corrected chi connectivity index (χ4v) is 3.46. The first-order chi connectivity index (χ1) is 13.2. The summed E-state index contributed by atoms with van der Waals surface area (Å²) in [5, 5.41) is 0. The molecule has 2 aliphatic rings. The zero-order chi connectivity index (χ0) is 18.6. The molecular weight excluding hydrogens is 345 g/mol. The minimum absolute atomic E-state index is 0.0881. The maximum Gasteiger partial charge on any atom is 0.237 e. The Kier molecular flexibility index (Phi) is 5.29. The van der Waals surface area contributed by atoms with Gasteiger partial charge in [0.15, 0.2) is 0 Å². The van der Waals surface area contributed by atoms with Crippen LogP contribution in [0.4, 0.5) is 10.3 Å². The Hall–Kier alpha value is -2.54. The first kappa shape index (κ1) is 17.9. The summed E-state index contributed by atoms with van der Waals surface area (Å²) in [6, 6.07) is 8.78. The zero-order valence-corrected chi connectivity index (χ0v) is 15.3. The zero-order valence-electron chi connectivity index (χ0n) is 15.3. The van der Waals surface area contributed by atoms with E-state index in [1.54, 1.807) is 30.6 Å². The van der Waals surface area contributed by atoms with Crippen molar-refractivity contribution in [2.45, 2.75) is 25.4 Å². The van der Waals surface area contributed by atoms with Crippen molar-refractivity contribution in [1.82, 2.24) is 19.8 Å². The van der Waals surface area contributed by atoms with Gasteiger partial charge in [-0.25, -0.2) is 14.4 Å². The van der Waals surface area contributed by atoms with Gasteiger partial charge in [-0.15, -0.1) is 0 Å². The van der Waals surface area contributed by atoms with Crippen LogP contribution in [0.2, 0.25) is 0 Å². The van der Waals surface area contributed by atoms with Crippen molar-refractivity contribution in [3.05, 3.63) is 54.1 Å². The van der Waals surface area contributed by atoms with Gasteiger partial charge in [-0.3, -0.25) is 9.69 Å². The van der Waals surface area contributed by atoms with Crippen LogP contribution in [0.15, 0.2) is 42.7 Å². The molecule has 0 spiro atoms. The maximum absolute atomic E-state index is 14.0. The standard InChI is InChI=1S/C20H24FN5O/c21-18-5-2-1-4-16(18)14-26(17-6-7-17)19(27)15-24-10-12-25(13-11-24)20-22-8-3-9-23-20/h1-5,8-9,17H,6-7,10-15H2. The van der Waals surface area contributed by atoms with E-state index in [9.17, 15) is 9.18 Å². The summed E-state index contributed by atoms with van der Waals surface area (Å²) in [5.74, 6) is 0.584. The molecule has 2 fully saturated rings. The third kappa shape index (κ3) is 4.42. The van der Waals surface area contributed by atoms with Gasteiger partial charge in [-0.2, -0.15) is 0 Å². The molecule has 2 heterocycles. The van der Waals surface area contributed by atoms with Crippen molar-refractivity contribution >= 4 is 11.9 Å². The average molecular weight is 369 g/mol. The lowest BCUT2D eigenvalue weighted by Crippen LogP contribution is -2.50. The summed E-state index contributed by atoms with van der Waals surface area (Å²) in [6.07, 6.45) is 5.52. The lowest BCUT2D eigenvalue weighted by molar-refractivity contribution is -0.133. The average Bonchev–Trinajstić information content (AvgIpc) is 3.53. The van der Waals surface area contributed by atoms with Gasteiger partial charge in [0.1, 0.15) is 5.82 Å². The number of rotatable bonds is 6. The highest BCUT2D eigenvalue weighted by Crippen LogP contribution is 2.29. The van der Waals surface area contributed by atoms with Crippen molar-refractivity contribution < 1.29 is 9.18 Å². The van der Waals surface area contributed by atoms with Gasteiger partial charge in [-0.1, -0.05) is 18.2 Å². The van der Waals surface area contributed by atoms with E-state index >= 15 is 0 Å². The van der Waals surface area contributed by atoms with E-state index < -0.39 is 0 Å². The van der Waals surface area contributed by atoms with E-state index in [0.717, 1.165) is 45.0 Å². The van der Waals surface area contributed by atoms with Crippen LogP contribution < -0.4 is 4.90 Å². The number of amides is 1. The summed E-state index contributed by atoms with van der Waals surface area (Å²) in [4.78, 5) is 27.6. The number of halogens is 1. The van der Waals surface area contributed by atoms with Crippen molar-refractivity contribution in [3.63, 3.8) is 0 Å². The summed E-state index contributed by atoms with van der Waals surface area (Å²) in [7, 11) is 0. The molecule has 0 bridgehead atoms. The Morgan fingerprint density at radius 3 is 2.44 bits per heavy atom. The minimum atomic E-state index is -0.243. The van der Waals surface area contributed by atoms with Crippen molar-refractivity contribution in [2.75, 3.05) is 37.6 Å². The topological polar surface area (TPSA) is 52.6 Å². The predicted molar refractivity (Wildman–Crippen MR) is 101 cm³/mol. The number of anilines is 1. The van der Waals surface area contributed by atoms with E-state index in [1.807, 2.05) is 11.0 Å². The van der Waals surface area contributed by atoms with Crippen LogP contribution in [0, 0.1) is 5.82 Å². The third-order valence-corrected chi connectivity index (χ3v) is 5.17. The van der Waals surface area contributed by atoms with E-state index in [0.29, 0.717) is 18.7 Å². The molecule has 1 aromatic heterocycles. The number of hydrogen-bond acceptors (Lipinski definition) is 5. The number of nitrogens with zero attached hydrogens (tertiary/aromatic N) is 5. The van der Waals surface area contributed by atoms with Crippen molar-refractivity contribution in [1.29, 1.82) is 0 Å². The molecule has 0 atom stereocenters. The third-order valence-electron chi connectivity index (χ3n) is 5.17. The van der Waals surface area contributed by atoms with Crippen LogP contribution in [0.25, 0.3) is 0 Å². The van der Waals surface area contributed by atoms with Crippen molar-refractivity contribution in [2.24, 2.45) is 0 Å². The Bertz CT molecular complexity index is 775. The minimum Gasteiger partial charge on any atom is -0.338 e. The largest absolute Gasteiger partial charge is 0.338 e. The Balaban J connectivity index is 1.33. The quantitative estimate of drug-likeness (QED) is 0.779. The molecule has 1 aliphatic carbocycles. The monoisotopic (exact) mass is 369 g/mol. The van der Waals surface area contributed by atoms with Crippen LogP contribution in [-0.4, -0.2) is 64.4 Å². The molecule has 4 rings (SSSR count). The molecule has 1 amide bonds. The second-order valence-corrected chi connectivity index (χ2v) is 7.16. The van der Waals surface area contributed by atoms with Gasteiger partial charge in [0.2, 0.25) is 11.9 Å². The molecule has 0 radical (unpaired) electrons. The van der Waals surface area contributed by atoms with Crippen molar-refractivity contribution in [3.8, 4) is 0 Å². The maximum atomic E-state index is 14.0. The summed E-state index contributed by atoms with van der Waals surface area (Å²) < 4.78 is 14.0. The highest BCUT2D eigenvalue weighted by molar-refractivity contribution is 5.79. The number of carbonyl (C=O) groups excluding carboxylic acids is 1. The molecule has 2 aromatic rings. The van der Waals surface area contributed by atoms with Crippen LogP contribution in [-0.2, 0) is 11.3 Å². The predicted octanol–water partition coefficient (Wildman–Crippen LogP) is 1.93. The molecule has 7 heteroatoms. The van der Waals surface area contributed by atoms with Gasteiger partial charge in [-0.05, 0) is 25.0 Å². The summed E-state index contributed by atoms with van der Waals surface area (Å²) in [5.41, 5.74) is 0.587. The molecule has 1 saturated carbocycles. The van der Waals surface area contributed by atoms with Gasteiger partial charge in [0.05, 0.1) is 6.54 Å². The van der Waals surface area contributed by atoms with Gasteiger partial charge >= 0.3 is 0 Å². The van der Waals surface area contributed by atoms with Crippen LogP contribution in [0.1, 0.15) is 18.4 Å². The molecule has 1 aromatic carbocycles. The first-order valence-electron chi connectivity index (χ1n) is 9.48. The van der Waals surface area contributed by atoms with Crippen LogP contribution in [0.3, 0.4) is 0 Å². The number of piperazine rings is 1. The molecule has 0 N–H and O–H groups in total. The number of carbonyl (C=O) groups is 1. The van der Waals surface area contributed by atoms with E-state index in [2.05, 4.69) is 19.8 Å². The number of hydrogen-bond donors (Lipinski definition) is 0. The second-order valence-electron chi connectivity index (χ2n) is 7.16. The van der Waals surface area contributed by atoms with Gasteiger partial charge < -0.3 is 9.80 Å². The molecule has 6 nitrogen and oxygen atoms in total. The second kappa shape index (κ2) is 8.00. The Labute approximate surface area is 158 Å².